The van der Waals surface area contributed by atoms with Crippen molar-refractivity contribution in [2.24, 2.45) is 0 Å². The van der Waals surface area contributed by atoms with E-state index in [0.29, 0.717) is 19.4 Å². The minimum atomic E-state index is 0.0306. The average Bonchev–Trinajstić information content (AvgIpc) is 2.55. The second kappa shape index (κ2) is 8.22. The fraction of sp³-hybridized carbons (Fsp3) is 0.316. The fourth-order valence-corrected chi connectivity index (χ4v) is 2.46. The van der Waals surface area contributed by atoms with Crippen LogP contribution in [0, 0.1) is 6.92 Å². The van der Waals surface area contributed by atoms with Gasteiger partial charge in [-0.1, -0.05) is 35.9 Å². The first kappa shape index (κ1) is 16.9. The highest BCUT2D eigenvalue weighted by Crippen LogP contribution is 2.24. The molecule has 0 fully saturated rings. The van der Waals surface area contributed by atoms with Crippen molar-refractivity contribution in [1.82, 2.24) is 5.32 Å². The molecular weight excluding hydrogens is 290 g/mol. The molecule has 0 aromatic heterocycles. The predicted octanol–water partition coefficient (Wildman–Crippen LogP) is 2.91. The van der Waals surface area contributed by atoms with Gasteiger partial charge in [-0.2, -0.15) is 0 Å². The Balaban J connectivity index is 1.86. The van der Waals surface area contributed by atoms with Crippen LogP contribution in [0.15, 0.2) is 42.5 Å². The molecule has 0 spiro atoms. The van der Waals surface area contributed by atoms with Crippen molar-refractivity contribution < 1.29 is 14.3 Å². The maximum atomic E-state index is 12.0. The number of ether oxygens (including phenoxy) is 2. The smallest absolute Gasteiger partial charge is 0.224 e. The van der Waals surface area contributed by atoms with Gasteiger partial charge in [0.1, 0.15) is 11.5 Å². The third kappa shape index (κ3) is 5.02. The van der Waals surface area contributed by atoms with E-state index in [4.69, 9.17) is 9.47 Å². The molecule has 2 rings (SSSR count). The molecular formula is C19H23NO3. The van der Waals surface area contributed by atoms with Crippen LogP contribution in [0.5, 0.6) is 11.5 Å². The Morgan fingerprint density at radius 1 is 1.09 bits per heavy atom. The molecule has 0 aliphatic heterocycles. The number of carbonyl (C=O) groups is 1. The van der Waals surface area contributed by atoms with Crippen LogP contribution in [-0.4, -0.2) is 26.7 Å². The predicted molar refractivity (Wildman–Crippen MR) is 91.1 cm³/mol. The van der Waals surface area contributed by atoms with E-state index in [2.05, 4.69) is 5.32 Å². The molecule has 2 aromatic rings. The molecule has 4 heteroatoms. The van der Waals surface area contributed by atoms with E-state index >= 15 is 0 Å². The van der Waals surface area contributed by atoms with Gasteiger partial charge in [-0.25, -0.2) is 0 Å². The number of carbonyl (C=O) groups excluding carboxylic acids is 1. The van der Waals surface area contributed by atoms with Crippen molar-refractivity contribution in [1.29, 1.82) is 0 Å². The molecule has 0 aliphatic rings. The van der Waals surface area contributed by atoms with E-state index in [1.165, 1.54) is 5.56 Å². The maximum Gasteiger partial charge on any atom is 0.224 e. The van der Waals surface area contributed by atoms with Crippen molar-refractivity contribution in [3.63, 3.8) is 0 Å². The Morgan fingerprint density at radius 2 is 1.91 bits per heavy atom. The summed E-state index contributed by atoms with van der Waals surface area (Å²) in [6.45, 7) is 2.60. The van der Waals surface area contributed by atoms with Crippen LogP contribution in [0.1, 0.15) is 16.7 Å². The highest BCUT2D eigenvalue weighted by Gasteiger charge is 2.07. The zero-order chi connectivity index (χ0) is 16.7. The van der Waals surface area contributed by atoms with Gasteiger partial charge in [-0.05, 0) is 30.5 Å². The molecule has 0 radical (unpaired) electrons. The summed E-state index contributed by atoms with van der Waals surface area (Å²) < 4.78 is 10.5. The van der Waals surface area contributed by atoms with Crippen molar-refractivity contribution in [2.75, 3.05) is 20.8 Å². The minimum Gasteiger partial charge on any atom is -0.497 e. The fourth-order valence-electron chi connectivity index (χ4n) is 2.46. The summed E-state index contributed by atoms with van der Waals surface area (Å²) in [4.78, 5) is 12.0. The normalized spacial score (nSPS) is 10.2. The number of amides is 1. The van der Waals surface area contributed by atoms with Gasteiger partial charge in [-0.3, -0.25) is 4.79 Å². The summed E-state index contributed by atoms with van der Waals surface area (Å²) in [5.74, 6) is 1.56. The number of hydrogen-bond acceptors (Lipinski definition) is 3. The van der Waals surface area contributed by atoms with Gasteiger partial charge < -0.3 is 14.8 Å². The van der Waals surface area contributed by atoms with Crippen molar-refractivity contribution in [3.8, 4) is 11.5 Å². The molecule has 1 amide bonds. The molecule has 0 saturated carbocycles. The first-order chi connectivity index (χ1) is 11.1. The van der Waals surface area contributed by atoms with E-state index in [1.54, 1.807) is 14.2 Å². The van der Waals surface area contributed by atoms with E-state index < -0.39 is 0 Å². The van der Waals surface area contributed by atoms with Gasteiger partial charge >= 0.3 is 0 Å². The summed E-state index contributed by atoms with van der Waals surface area (Å²) in [5.41, 5.74) is 3.24. The van der Waals surface area contributed by atoms with Crippen LogP contribution in [0.2, 0.25) is 0 Å². The van der Waals surface area contributed by atoms with Crippen LogP contribution >= 0.6 is 0 Å². The lowest BCUT2D eigenvalue weighted by atomic mass is 10.1. The quantitative estimate of drug-likeness (QED) is 0.855. The summed E-state index contributed by atoms with van der Waals surface area (Å²) in [6, 6.07) is 13.7. The largest absolute Gasteiger partial charge is 0.497 e. The number of rotatable bonds is 7. The van der Waals surface area contributed by atoms with Crippen molar-refractivity contribution in [3.05, 3.63) is 59.2 Å². The van der Waals surface area contributed by atoms with Gasteiger partial charge in [0, 0.05) is 12.6 Å². The van der Waals surface area contributed by atoms with Crippen molar-refractivity contribution >= 4 is 5.91 Å². The summed E-state index contributed by atoms with van der Waals surface area (Å²) >= 11 is 0. The monoisotopic (exact) mass is 313 g/mol. The third-order valence-corrected chi connectivity index (χ3v) is 3.66. The maximum absolute atomic E-state index is 12.0. The van der Waals surface area contributed by atoms with Crippen LogP contribution in [-0.2, 0) is 17.6 Å². The second-order valence-electron chi connectivity index (χ2n) is 5.44. The molecule has 0 unspecified atom stereocenters. The van der Waals surface area contributed by atoms with Gasteiger partial charge in [0.15, 0.2) is 0 Å². The number of methoxy groups -OCH3 is 2. The Bertz CT molecular complexity index is 667. The molecule has 0 bridgehead atoms. The third-order valence-electron chi connectivity index (χ3n) is 3.66. The molecule has 0 atom stereocenters. The summed E-state index contributed by atoms with van der Waals surface area (Å²) in [5, 5.41) is 2.95. The zero-order valence-electron chi connectivity index (χ0n) is 13.9. The Labute approximate surface area is 137 Å². The zero-order valence-corrected chi connectivity index (χ0v) is 13.9. The van der Waals surface area contributed by atoms with Gasteiger partial charge in [0.25, 0.3) is 0 Å². The molecule has 0 saturated heterocycles. The lowest BCUT2D eigenvalue weighted by molar-refractivity contribution is -0.120. The van der Waals surface area contributed by atoms with Crippen molar-refractivity contribution in [2.45, 2.75) is 19.8 Å². The van der Waals surface area contributed by atoms with E-state index in [0.717, 1.165) is 22.6 Å². The number of nitrogens with one attached hydrogen (secondary N) is 1. The van der Waals surface area contributed by atoms with Gasteiger partial charge in [-0.15, -0.1) is 0 Å². The highest BCUT2D eigenvalue weighted by molar-refractivity contribution is 5.78. The van der Waals surface area contributed by atoms with Gasteiger partial charge in [0.05, 0.1) is 20.6 Å². The molecule has 4 nitrogen and oxygen atoms in total. The van der Waals surface area contributed by atoms with Crippen LogP contribution in [0.4, 0.5) is 0 Å². The minimum absolute atomic E-state index is 0.0306. The van der Waals surface area contributed by atoms with Crippen LogP contribution in [0.3, 0.4) is 0 Å². The Hall–Kier alpha value is -2.49. The van der Waals surface area contributed by atoms with Gasteiger partial charge in [0.2, 0.25) is 5.91 Å². The summed E-state index contributed by atoms with van der Waals surface area (Å²) in [6.07, 6.45) is 1.12. The number of hydrogen-bond donors (Lipinski definition) is 1. The molecule has 0 aliphatic carbocycles. The Morgan fingerprint density at radius 3 is 2.61 bits per heavy atom. The first-order valence-corrected chi connectivity index (χ1v) is 7.65. The standard InChI is InChI=1S/C19H23NO3/c1-14-5-4-6-15(11-14)12-19(21)20-10-9-16-7-8-17(22-2)13-18(16)23-3/h4-8,11,13H,9-10,12H2,1-3H3,(H,20,21). The second-order valence-corrected chi connectivity index (χ2v) is 5.44. The molecule has 2 aromatic carbocycles. The van der Waals surface area contributed by atoms with E-state index in [-0.39, 0.29) is 5.91 Å². The topological polar surface area (TPSA) is 47.6 Å². The lowest BCUT2D eigenvalue weighted by Crippen LogP contribution is -2.27. The number of aryl methyl sites for hydroxylation is 1. The summed E-state index contributed by atoms with van der Waals surface area (Å²) in [7, 11) is 3.26. The molecule has 0 heterocycles. The highest BCUT2D eigenvalue weighted by atomic mass is 16.5. The molecule has 1 N–H and O–H groups in total. The van der Waals surface area contributed by atoms with E-state index in [1.807, 2.05) is 49.4 Å². The molecule has 122 valence electrons. The average molecular weight is 313 g/mol. The van der Waals surface area contributed by atoms with Crippen LogP contribution in [0.25, 0.3) is 0 Å². The molecule has 23 heavy (non-hydrogen) atoms. The number of benzene rings is 2. The van der Waals surface area contributed by atoms with Crippen LogP contribution < -0.4 is 14.8 Å². The van der Waals surface area contributed by atoms with E-state index in [9.17, 15) is 4.79 Å². The lowest BCUT2D eigenvalue weighted by Gasteiger charge is -2.11. The SMILES string of the molecule is COc1ccc(CCNC(=O)Cc2cccc(C)c2)c(OC)c1. The first-order valence-electron chi connectivity index (χ1n) is 7.65. The Kier molecular flexibility index (Phi) is 6.03.